The molecule has 0 aliphatic rings. The van der Waals surface area contributed by atoms with Gasteiger partial charge in [0.25, 0.3) is 0 Å². The number of alkyl carbamates (subject to hydrolysis) is 1. The van der Waals surface area contributed by atoms with Crippen molar-refractivity contribution >= 4 is 12.0 Å². The van der Waals surface area contributed by atoms with Gasteiger partial charge in [0.1, 0.15) is 11.6 Å². The number of carbonyl (C=O) groups is 2. The summed E-state index contributed by atoms with van der Waals surface area (Å²) >= 11 is 0. The minimum Gasteiger partial charge on any atom is -0.444 e. The number of hydrogen-bond acceptors (Lipinski definition) is 3. The highest BCUT2D eigenvalue weighted by Crippen LogP contribution is 2.12. The third-order valence-corrected chi connectivity index (χ3v) is 4.19. The highest BCUT2D eigenvalue weighted by atomic mass is 16.6. The second-order valence-corrected chi connectivity index (χ2v) is 7.90. The number of ether oxygens (including phenoxy) is 1. The van der Waals surface area contributed by atoms with E-state index in [1.807, 2.05) is 60.7 Å². The van der Waals surface area contributed by atoms with Crippen molar-refractivity contribution in [3.05, 3.63) is 71.8 Å². The number of aryl methyl sites for hydroxylation is 1. The van der Waals surface area contributed by atoms with Crippen LogP contribution in [0.1, 0.15) is 38.3 Å². The monoisotopic (exact) mass is 382 g/mol. The Morgan fingerprint density at radius 2 is 1.50 bits per heavy atom. The molecule has 150 valence electrons. The fraction of sp³-hybridized carbons (Fsp3) is 0.391. The third-order valence-electron chi connectivity index (χ3n) is 4.19. The Bertz CT molecular complexity index is 754. The molecule has 2 amide bonds. The topological polar surface area (TPSA) is 58.6 Å². The van der Waals surface area contributed by atoms with E-state index in [1.54, 1.807) is 32.7 Å². The van der Waals surface area contributed by atoms with E-state index in [4.69, 9.17) is 4.74 Å². The van der Waals surface area contributed by atoms with Crippen molar-refractivity contribution in [2.45, 2.75) is 51.8 Å². The highest BCUT2D eigenvalue weighted by Gasteiger charge is 2.26. The van der Waals surface area contributed by atoms with E-state index < -0.39 is 17.7 Å². The van der Waals surface area contributed by atoms with E-state index in [0.717, 1.165) is 11.1 Å². The van der Waals surface area contributed by atoms with Crippen molar-refractivity contribution in [2.24, 2.45) is 0 Å². The second kappa shape index (κ2) is 9.93. The number of benzene rings is 2. The minimum absolute atomic E-state index is 0.134. The predicted molar refractivity (Wildman–Crippen MR) is 111 cm³/mol. The van der Waals surface area contributed by atoms with Crippen molar-refractivity contribution in [1.82, 2.24) is 10.2 Å². The van der Waals surface area contributed by atoms with Crippen LogP contribution in [0.4, 0.5) is 4.79 Å². The first-order valence-corrected chi connectivity index (χ1v) is 9.57. The fourth-order valence-electron chi connectivity index (χ4n) is 2.86. The average Bonchev–Trinajstić information content (AvgIpc) is 2.64. The summed E-state index contributed by atoms with van der Waals surface area (Å²) in [6.45, 7) is 5.89. The first kappa shape index (κ1) is 21.5. The zero-order chi connectivity index (χ0) is 20.6. The number of nitrogens with one attached hydrogen (secondary N) is 1. The molecule has 0 bridgehead atoms. The maximum Gasteiger partial charge on any atom is 0.408 e. The van der Waals surface area contributed by atoms with Gasteiger partial charge in [-0.1, -0.05) is 60.7 Å². The van der Waals surface area contributed by atoms with Crippen molar-refractivity contribution < 1.29 is 14.3 Å². The zero-order valence-electron chi connectivity index (χ0n) is 17.1. The van der Waals surface area contributed by atoms with E-state index in [0.29, 0.717) is 19.4 Å². The Hall–Kier alpha value is -2.82. The molecule has 0 aromatic heterocycles. The molecule has 0 saturated carbocycles. The van der Waals surface area contributed by atoms with Crippen LogP contribution in [-0.4, -0.2) is 35.6 Å². The summed E-state index contributed by atoms with van der Waals surface area (Å²) in [5.41, 5.74) is 1.54. The maximum absolute atomic E-state index is 13.0. The molecule has 1 N–H and O–H groups in total. The molecule has 0 saturated heterocycles. The molecule has 5 heteroatoms. The fourth-order valence-corrected chi connectivity index (χ4v) is 2.86. The van der Waals surface area contributed by atoms with Crippen LogP contribution in [-0.2, 0) is 22.5 Å². The Morgan fingerprint density at radius 1 is 0.964 bits per heavy atom. The number of nitrogens with zero attached hydrogens (tertiary/aromatic N) is 1. The quantitative estimate of drug-likeness (QED) is 0.782. The number of amides is 2. The lowest BCUT2D eigenvalue weighted by molar-refractivity contribution is -0.132. The number of likely N-dealkylation sites (N-methyl/N-ethyl adjacent to an activating group) is 1. The number of carbonyl (C=O) groups excluding carboxylic acids is 2. The normalized spacial score (nSPS) is 12.1. The van der Waals surface area contributed by atoms with Gasteiger partial charge < -0.3 is 15.0 Å². The number of rotatable bonds is 7. The first-order valence-electron chi connectivity index (χ1n) is 9.57. The molecule has 0 spiro atoms. The van der Waals surface area contributed by atoms with Gasteiger partial charge in [-0.05, 0) is 44.7 Å². The Morgan fingerprint density at radius 3 is 2.04 bits per heavy atom. The SMILES string of the molecule is CN(Cc1ccccc1)C(=O)[C@@H](CCc1ccccc1)NC(=O)OC(C)(C)C. The van der Waals surface area contributed by atoms with Crippen LogP contribution < -0.4 is 5.32 Å². The second-order valence-electron chi connectivity index (χ2n) is 7.90. The highest BCUT2D eigenvalue weighted by molar-refractivity contribution is 5.85. The van der Waals surface area contributed by atoms with Gasteiger partial charge >= 0.3 is 6.09 Å². The number of hydrogen-bond donors (Lipinski definition) is 1. The van der Waals surface area contributed by atoms with Crippen molar-refractivity contribution in [3.63, 3.8) is 0 Å². The molecule has 0 aliphatic heterocycles. The lowest BCUT2D eigenvalue weighted by Gasteiger charge is -2.26. The minimum atomic E-state index is -0.649. The summed E-state index contributed by atoms with van der Waals surface area (Å²) in [6.07, 6.45) is 0.611. The molecule has 2 aromatic rings. The average molecular weight is 383 g/mol. The zero-order valence-corrected chi connectivity index (χ0v) is 17.1. The van der Waals surface area contributed by atoms with Gasteiger partial charge in [-0.15, -0.1) is 0 Å². The smallest absolute Gasteiger partial charge is 0.408 e. The standard InChI is InChI=1S/C23H30N2O3/c1-23(2,3)28-22(27)24-20(16-15-18-11-7-5-8-12-18)21(26)25(4)17-19-13-9-6-10-14-19/h5-14,20H,15-17H2,1-4H3,(H,24,27)/t20-/m1/s1. The largest absolute Gasteiger partial charge is 0.444 e. The van der Waals surface area contributed by atoms with Gasteiger partial charge in [0.2, 0.25) is 5.91 Å². The van der Waals surface area contributed by atoms with E-state index in [2.05, 4.69) is 5.32 Å². The van der Waals surface area contributed by atoms with Gasteiger partial charge in [-0.2, -0.15) is 0 Å². The molecule has 0 radical (unpaired) electrons. The molecule has 1 atom stereocenters. The summed E-state index contributed by atoms with van der Waals surface area (Å²) in [5.74, 6) is -0.134. The van der Waals surface area contributed by atoms with Crippen LogP contribution in [0.5, 0.6) is 0 Å². The molecular weight excluding hydrogens is 352 g/mol. The molecule has 28 heavy (non-hydrogen) atoms. The maximum atomic E-state index is 13.0. The van der Waals surface area contributed by atoms with E-state index in [-0.39, 0.29) is 5.91 Å². The Balaban J connectivity index is 2.06. The summed E-state index contributed by atoms with van der Waals surface area (Å²) in [6, 6.07) is 19.1. The van der Waals surface area contributed by atoms with Gasteiger partial charge in [-0.25, -0.2) is 4.79 Å². The first-order chi connectivity index (χ1) is 13.2. The van der Waals surface area contributed by atoms with E-state index in [9.17, 15) is 9.59 Å². The molecule has 0 fully saturated rings. The summed E-state index contributed by atoms with van der Waals surface area (Å²) in [4.78, 5) is 26.9. The predicted octanol–water partition coefficient (Wildman–Crippen LogP) is 4.17. The lowest BCUT2D eigenvalue weighted by atomic mass is 10.0. The van der Waals surface area contributed by atoms with E-state index >= 15 is 0 Å². The Labute approximate surface area is 167 Å². The lowest BCUT2D eigenvalue weighted by Crippen LogP contribution is -2.48. The van der Waals surface area contributed by atoms with Crippen LogP contribution in [0.2, 0.25) is 0 Å². The van der Waals surface area contributed by atoms with Gasteiger partial charge in [0.15, 0.2) is 0 Å². The van der Waals surface area contributed by atoms with Crippen LogP contribution in [0.3, 0.4) is 0 Å². The molecule has 0 unspecified atom stereocenters. The van der Waals surface area contributed by atoms with Crippen LogP contribution in [0.25, 0.3) is 0 Å². The molecule has 5 nitrogen and oxygen atoms in total. The van der Waals surface area contributed by atoms with Gasteiger partial charge in [0.05, 0.1) is 0 Å². The van der Waals surface area contributed by atoms with Crippen molar-refractivity contribution in [1.29, 1.82) is 0 Å². The summed E-state index contributed by atoms with van der Waals surface area (Å²) in [7, 11) is 1.75. The van der Waals surface area contributed by atoms with Crippen LogP contribution >= 0.6 is 0 Å². The van der Waals surface area contributed by atoms with Crippen LogP contribution in [0.15, 0.2) is 60.7 Å². The third kappa shape index (κ3) is 7.43. The molecule has 2 aromatic carbocycles. The molecular formula is C23H30N2O3. The van der Waals surface area contributed by atoms with E-state index in [1.165, 1.54) is 0 Å². The van der Waals surface area contributed by atoms with Gasteiger partial charge in [0, 0.05) is 13.6 Å². The summed E-state index contributed by atoms with van der Waals surface area (Å²) in [5, 5.41) is 2.76. The van der Waals surface area contributed by atoms with Crippen molar-refractivity contribution in [3.8, 4) is 0 Å². The van der Waals surface area contributed by atoms with Crippen LogP contribution in [0, 0.1) is 0 Å². The Kier molecular flexibility index (Phi) is 7.61. The molecule has 0 heterocycles. The summed E-state index contributed by atoms with van der Waals surface area (Å²) < 4.78 is 5.35. The molecule has 0 aliphatic carbocycles. The molecule has 2 rings (SSSR count). The van der Waals surface area contributed by atoms with Gasteiger partial charge in [-0.3, -0.25) is 4.79 Å². The van der Waals surface area contributed by atoms with Crippen molar-refractivity contribution in [2.75, 3.05) is 7.05 Å².